The third kappa shape index (κ3) is 5.16. The van der Waals surface area contributed by atoms with Crippen LogP contribution < -0.4 is 16.0 Å². The van der Waals surface area contributed by atoms with Crippen molar-refractivity contribution in [3.05, 3.63) is 5.89 Å². The lowest BCUT2D eigenvalue weighted by Crippen LogP contribution is -2.34. The van der Waals surface area contributed by atoms with Gasteiger partial charge in [-0.1, -0.05) is 25.4 Å². The van der Waals surface area contributed by atoms with Crippen LogP contribution in [0.1, 0.15) is 52.0 Å². The summed E-state index contributed by atoms with van der Waals surface area (Å²) in [5, 5.41) is 11.3. The largest absolute Gasteiger partial charge is 0.406 e. The van der Waals surface area contributed by atoms with Crippen LogP contribution in [0.15, 0.2) is 4.42 Å². The summed E-state index contributed by atoms with van der Waals surface area (Å²) in [5.74, 6) is 0.123. The second kappa shape index (κ2) is 8.52. The average molecular weight is 283 g/mol. The van der Waals surface area contributed by atoms with E-state index in [9.17, 15) is 4.79 Å². The van der Waals surface area contributed by atoms with Crippen LogP contribution in [0, 0.1) is 0 Å². The van der Waals surface area contributed by atoms with Crippen LogP contribution >= 0.6 is 0 Å². The summed E-state index contributed by atoms with van der Waals surface area (Å²) in [5.41, 5.74) is 5.25. The predicted octanol–water partition coefficient (Wildman–Crippen LogP) is 1.22. The molecule has 0 aliphatic heterocycles. The molecule has 1 amide bonds. The Morgan fingerprint density at radius 2 is 2.15 bits per heavy atom. The van der Waals surface area contributed by atoms with Crippen molar-refractivity contribution in [3.63, 3.8) is 0 Å². The Labute approximate surface area is 119 Å². The van der Waals surface area contributed by atoms with Crippen LogP contribution in [0.25, 0.3) is 0 Å². The molecule has 1 aromatic heterocycles. The second-order valence-corrected chi connectivity index (χ2v) is 4.84. The second-order valence-electron chi connectivity index (χ2n) is 4.84. The highest BCUT2D eigenvalue weighted by atomic mass is 16.4. The van der Waals surface area contributed by atoms with Crippen molar-refractivity contribution in [2.75, 3.05) is 24.5 Å². The Kier molecular flexibility index (Phi) is 7.00. The summed E-state index contributed by atoms with van der Waals surface area (Å²) >= 11 is 0. The van der Waals surface area contributed by atoms with Crippen LogP contribution in [0.4, 0.5) is 6.01 Å². The third-order valence-corrected chi connectivity index (χ3v) is 2.90. The number of primary amides is 1. The number of carbonyl (C=O) groups excluding carboxylic acids is 1. The van der Waals surface area contributed by atoms with Gasteiger partial charge in [-0.2, -0.15) is 0 Å². The van der Waals surface area contributed by atoms with Gasteiger partial charge in [-0.15, -0.1) is 5.10 Å². The number of hydrogen-bond donors (Lipinski definition) is 2. The summed E-state index contributed by atoms with van der Waals surface area (Å²) in [4.78, 5) is 12.8. The van der Waals surface area contributed by atoms with Gasteiger partial charge in [-0.05, 0) is 26.3 Å². The van der Waals surface area contributed by atoms with E-state index in [0.717, 1.165) is 25.8 Å². The fourth-order valence-corrected chi connectivity index (χ4v) is 1.76. The number of hydrogen-bond acceptors (Lipinski definition) is 6. The Bertz CT molecular complexity index is 407. The molecule has 0 saturated heterocycles. The minimum Gasteiger partial charge on any atom is -0.406 e. The first-order valence-electron chi connectivity index (χ1n) is 7.18. The predicted molar refractivity (Wildman–Crippen MR) is 77.3 cm³/mol. The highest BCUT2D eigenvalue weighted by Gasteiger charge is 2.18. The van der Waals surface area contributed by atoms with Crippen molar-refractivity contribution in [2.45, 2.75) is 46.1 Å². The van der Waals surface area contributed by atoms with Gasteiger partial charge in [0.2, 0.25) is 11.8 Å². The first-order chi connectivity index (χ1) is 9.58. The molecule has 7 heteroatoms. The first-order valence-corrected chi connectivity index (χ1v) is 7.18. The maximum atomic E-state index is 11.1. The van der Waals surface area contributed by atoms with Gasteiger partial charge in [0.1, 0.15) is 6.54 Å². The number of carbonyl (C=O) groups is 1. The Morgan fingerprint density at radius 1 is 1.40 bits per heavy atom. The molecule has 1 atom stereocenters. The zero-order chi connectivity index (χ0) is 15.0. The van der Waals surface area contributed by atoms with Gasteiger partial charge in [0.05, 0.1) is 6.04 Å². The topological polar surface area (TPSA) is 97.3 Å². The van der Waals surface area contributed by atoms with Gasteiger partial charge in [0.15, 0.2) is 0 Å². The van der Waals surface area contributed by atoms with E-state index in [4.69, 9.17) is 10.2 Å². The number of amides is 1. The van der Waals surface area contributed by atoms with E-state index in [0.29, 0.717) is 18.5 Å². The summed E-state index contributed by atoms with van der Waals surface area (Å²) in [6.07, 6.45) is 3.00. The zero-order valence-corrected chi connectivity index (χ0v) is 12.6. The number of nitrogens with two attached hydrogens (primary N) is 1. The van der Waals surface area contributed by atoms with Crippen LogP contribution in [-0.2, 0) is 4.79 Å². The molecule has 0 bridgehead atoms. The molecule has 0 aliphatic rings. The third-order valence-electron chi connectivity index (χ3n) is 2.90. The van der Waals surface area contributed by atoms with Crippen molar-refractivity contribution in [1.29, 1.82) is 0 Å². The summed E-state index contributed by atoms with van der Waals surface area (Å²) in [6, 6.07) is 0.357. The van der Waals surface area contributed by atoms with Crippen LogP contribution in [0.3, 0.4) is 0 Å². The molecule has 1 rings (SSSR count). The van der Waals surface area contributed by atoms with Gasteiger partial charge in [-0.3, -0.25) is 4.79 Å². The van der Waals surface area contributed by atoms with Crippen LogP contribution in [-0.4, -0.2) is 35.7 Å². The molecule has 3 N–H and O–H groups in total. The van der Waals surface area contributed by atoms with E-state index in [-0.39, 0.29) is 12.6 Å². The molecule has 0 aliphatic carbocycles. The fraction of sp³-hybridized carbons (Fsp3) is 0.769. The molecule has 114 valence electrons. The van der Waals surface area contributed by atoms with Gasteiger partial charge >= 0.3 is 6.01 Å². The molecular formula is C13H25N5O2. The van der Waals surface area contributed by atoms with E-state index < -0.39 is 5.91 Å². The number of anilines is 1. The van der Waals surface area contributed by atoms with E-state index in [2.05, 4.69) is 29.4 Å². The summed E-state index contributed by atoms with van der Waals surface area (Å²) in [7, 11) is 0. The first kappa shape index (κ1) is 16.4. The Hall–Kier alpha value is -1.63. The van der Waals surface area contributed by atoms with Crippen molar-refractivity contribution < 1.29 is 9.21 Å². The van der Waals surface area contributed by atoms with E-state index in [1.54, 1.807) is 4.90 Å². The number of unbranched alkanes of at least 4 members (excludes halogenated alkanes) is 1. The molecule has 1 aromatic rings. The minimum atomic E-state index is -0.405. The summed E-state index contributed by atoms with van der Waals surface area (Å²) in [6.45, 7) is 7.81. The molecule has 0 aromatic carbocycles. The van der Waals surface area contributed by atoms with Gasteiger partial charge in [0.25, 0.3) is 0 Å². The van der Waals surface area contributed by atoms with E-state index in [1.165, 1.54) is 0 Å². The lowest BCUT2D eigenvalue weighted by Gasteiger charge is -2.17. The monoisotopic (exact) mass is 283 g/mol. The zero-order valence-electron chi connectivity index (χ0n) is 12.6. The number of nitrogens with one attached hydrogen (secondary N) is 1. The molecule has 0 saturated carbocycles. The van der Waals surface area contributed by atoms with E-state index >= 15 is 0 Å². The van der Waals surface area contributed by atoms with Crippen molar-refractivity contribution >= 4 is 11.9 Å². The molecule has 20 heavy (non-hydrogen) atoms. The molecule has 0 spiro atoms. The molecule has 7 nitrogen and oxygen atoms in total. The molecule has 0 fully saturated rings. The number of rotatable bonds is 10. The van der Waals surface area contributed by atoms with Crippen molar-refractivity contribution in [1.82, 2.24) is 15.5 Å². The highest BCUT2D eigenvalue weighted by molar-refractivity contribution is 5.78. The molecule has 0 radical (unpaired) electrons. The van der Waals surface area contributed by atoms with Gasteiger partial charge in [0, 0.05) is 6.54 Å². The van der Waals surface area contributed by atoms with Gasteiger partial charge < -0.3 is 20.4 Å². The maximum absolute atomic E-state index is 11.1. The van der Waals surface area contributed by atoms with Crippen LogP contribution in [0.2, 0.25) is 0 Å². The lowest BCUT2D eigenvalue weighted by atomic mass is 10.3. The molecule has 1 unspecified atom stereocenters. The smallest absolute Gasteiger partial charge is 0.318 e. The Balaban J connectivity index is 2.71. The fourth-order valence-electron chi connectivity index (χ4n) is 1.76. The minimum absolute atomic E-state index is 0.00203. The standard InChI is InChI=1S/C13H25N5O2/c1-4-6-8-18(9-11(14)19)13-17-16-12(20-13)10(3)15-7-5-2/h10,15H,4-9H2,1-3H3,(H2,14,19). The van der Waals surface area contributed by atoms with Crippen LogP contribution in [0.5, 0.6) is 0 Å². The average Bonchev–Trinajstić information content (AvgIpc) is 2.90. The molecular weight excluding hydrogens is 258 g/mol. The van der Waals surface area contributed by atoms with Gasteiger partial charge in [-0.25, -0.2) is 0 Å². The Morgan fingerprint density at radius 3 is 2.75 bits per heavy atom. The van der Waals surface area contributed by atoms with Crippen molar-refractivity contribution in [2.24, 2.45) is 5.73 Å². The highest BCUT2D eigenvalue weighted by Crippen LogP contribution is 2.17. The SMILES string of the molecule is CCCCN(CC(N)=O)c1nnc(C(C)NCCC)o1. The maximum Gasteiger partial charge on any atom is 0.318 e. The molecule has 1 heterocycles. The number of nitrogens with zero attached hydrogens (tertiary/aromatic N) is 3. The van der Waals surface area contributed by atoms with E-state index in [1.807, 2.05) is 6.92 Å². The lowest BCUT2D eigenvalue weighted by molar-refractivity contribution is -0.116. The van der Waals surface area contributed by atoms with Crippen molar-refractivity contribution in [3.8, 4) is 0 Å². The number of aromatic nitrogens is 2. The normalized spacial score (nSPS) is 12.3. The quantitative estimate of drug-likeness (QED) is 0.670. The summed E-state index contributed by atoms with van der Waals surface area (Å²) < 4.78 is 5.64.